The van der Waals surface area contributed by atoms with Crippen LogP contribution in [0, 0.1) is 0 Å². The number of piperidine rings is 1. The molecule has 0 N–H and O–H groups in total. The molecule has 1 aromatic carbocycles. The molecule has 3 aromatic rings. The van der Waals surface area contributed by atoms with Crippen molar-refractivity contribution in [2.24, 2.45) is 0 Å². The minimum Gasteiger partial charge on any atom is -0.437 e. The van der Waals surface area contributed by atoms with Gasteiger partial charge in [-0.1, -0.05) is 11.2 Å². The number of nitrogens with zero attached hydrogens (tertiary/aromatic N) is 5. The Morgan fingerprint density at radius 1 is 1.23 bits per heavy atom. The van der Waals surface area contributed by atoms with E-state index in [-0.39, 0.29) is 11.9 Å². The molecule has 1 fully saturated rings. The van der Waals surface area contributed by atoms with E-state index in [1.807, 2.05) is 0 Å². The lowest BCUT2D eigenvalue weighted by Gasteiger charge is -2.33. The lowest BCUT2D eigenvalue weighted by Crippen LogP contribution is -2.39. The maximum absolute atomic E-state index is 13.1. The van der Waals surface area contributed by atoms with Gasteiger partial charge in [-0.15, -0.1) is 0 Å². The Morgan fingerprint density at radius 2 is 2.19 bits per heavy atom. The predicted molar refractivity (Wildman–Crippen MR) is 90.5 cm³/mol. The van der Waals surface area contributed by atoms with Crippen LogP contribution < -0.4 is 4.74 Å². The van der Waals surface area contributed by atoms with E-state index in [2.05, 4.69) is 20.1 Å². The third kappa shape index (κ3) is 3.39. The average Bonchev–Trinajstić information content (AvgIpc) is 3.23. The standard InChI is InChI=1S/C18H17N5O3/c24-18(23-9-2-1-6-15(23)17-21-12-25-22-17)13-4-3-5-14(10-13)26-16-11-19-7-8-20-16/h3-5,7-8,10-12,15H,1-2,6,9H2. The molecule has 1 aliphatic rings. The summed E-state index contributed by atoms with van der Waals surface area (Å²) in [4.78, 5) is 27.0. The number of aromatic nitrogens is 4. The van der Waals surface area contributed by atoms with Crippen LogP contribution in [0.15, 0.2) is 53.8 Å². The largest absolute Gasteiger partial charge is 0.437 e. The monoisotopic (exact) mass is 351 g/mol. The molecule has 2 aromatic heterocycles. The lowest BCUT2D eigenvalue weighted by molar-refractivity contribution is 0.0596. The quantitative estimate of drug-likeness (QED) is 0.713. The maximum Gasteiger partial charge on any atom is 0.254 e. The van der Waals surface area contributed by atoms with Gasteiger partial charge in [0.1, 0.15) is 5.75 Å². The smallest absolute Gasteiger partial charge is 0.254 e. The van der Waals surface area contributed by atoms with Gasteiger partial charge in [-0.3, -0.25) is 9.78 Å². The number of likely N-dealkylation sites (tertiary alicyclic amines) is 1. The van der Waals surface area contributed by atoms with Gasteiger partial charge in [-0.25, -0.2) is 4.98 Å². The Bertz CT molecular complexity index is 870. The van der Waals surface area contributed by atoms with Crippen LogP contribution in [0.3, 0.4) is 0 Å². The molecule has 0 bridgehead atoms. The minimum absolute atomic E-state index is 0.0795. The van der Waals surface area contributed by atoms with E-state index in [1.165, 1.54) is 12.6 Å². The molecule has 8 nitrogen and oxygen atoms in total. The Balaban J connectivity index is 1.56. The molecular formula is C18H17N5O3. The molecule has 1 amide bonds. The summed E-state index contributed by atoms with van der Waals surface area (Å²) in [6.45, 7) is 0.660. The zero-order chi connectivity index (χ0) is 17.8. The van der Waals surface area contributed by atoms with Crippen molar-refractivity contribution < 1.29 is 14.1 Å². The first-order valence-electron chi connectivity index (χ1n) is 8.42. The maximum atomic E-state index is 13.1. The van der Waals surface area contributed by atoms with Crippen LogP contribution in [-0.4, -0.2) is 37.5 Å². The van der Waals surface area contributed by atoms with Crippen molar-refractivity contribution in [3.8, 4) is 11.6 Å². The van der Waals surface area contributed by atoms with E-state index in [0.717, 1.165) is 19.3 Å². The van der Waals surface area contributed by atoms with Gasteiger partial charge >= 0.3 is 0 Å². The van der Waals surface area contributed by atoms with Crippen LogP contribution in [0.4, 0.5) is 0 Å². The van der Waals surface area contributed by atoms with Crippen LogP contribution in [0.1, 0.15) is 41.5 Å². The fourth-order valence-corrected chi connectivity index (χ4v) is 3.09. The van der Waals surface area contributed by atoms with Crippen molar-refractivity contribution in [1.29, 1.82) is 0 Å². The minimum atomic E-state index is -0.167. The van der Waals surface area contributed by atoms with Crippen LogP contribution in [0.25, 0.3) is 0 Å². The molecule has 1 unspecified atom stereocenters. The van der Waals surface area contributed by atoms with E-state index in [1.54, 1.807) is 41.6 Å². The second-order valence-electron chi connectivity index (χ2n) is 5.97. The van der Waals surface area contributed by atoms with Crippen LogP contribution in [-0.2, 0) is 0 Å². The number of hydrogen-bond acceptors (Lipinski definition) is 7. The number of amides is 1. The fourth-order valence-electron chi connectivity index (χ4n) is 3.09. The first-order chi connectivity index (χ1) is 12.8. The molecular weight excluding hydrogens is 334 g/mol. The molecule has 1 aliphatic heterocycles. The molecule has 8 heteroatoms. The number of carbonyl (C=O) groups is 1. The molecule has 1 atom stereocenters. The SMILES string of the molecule is O=C(c1cccc(Oc2cnccn2)c1)N1CCCCC1c1ncon1. The van der Waals surface area contributed by atoms with Crippen molar-refractivity contribution in [1.82, 2.24) is 25.0 Å². The third-order valence-corrected chi connectivity index (χ3v) is 4.28. The first kappa shape index (κ1) is 16.2. The van der Waals surface area contributed by atoms with Crippen molar-refractivity contribution in [3.63, 3.8) is 0 Å². The molecule has 0 radical (unpaired) electrons. The van der Waals surface area contributed by atoms with E-state index < -0.39 is 0 Å². The second kappa shape index (κ2) is 7.30. The molecule has 26 heavy (non-hydrogen) atoms. The summed E-state index contributed by atoms with van der Waals surface area (Å²) in [5.74, 6) is 1.37. The zero-order valence-corrected chi connectivity index (χ0v) is 14.0. The van der Waals surface area contributed by atoms with Gasteiger partial charge in [0, 0.05) is 24.5 Å². The van der Waals surface area contributed by atoms with Crippen molar-refractivity contribution in [3.05, 3.63) is 60.6 Å². The summed E-state index contributed by atoms with van der Waals surface area (Å²) >= 11 is 0. The number of carbonyl (C=O) groups excluding carboxylic acids is 1. The fraction of sp³-hybridized carbons (Fsp3) is 0.278. The van der Waals surface area contributed by atoms with Gasteiger partial charge in [-0.05, 0) is 37.5 Å². The van der Waals surface area contributed by atoms with Gasteiger partial charge in [0.25, 0.3) is 5.91 Å². The molecule has 0 aliphatic carbocycles. The lowest BCUT2D eigenvalue weighted by atomic mass is 10.00. The Kier molecular flexibility index (Phi) is 4.55. The normalized spacial score (nSPS) is 17.1. The van der Waals surface area contributed by atoms with Crippen molar-refractivity contribution in [2.45, 2.75) is 25.3 Å². The Morgan fingerprint density at radius 3 is 3.00 bits per heavy atom. The predicted octanol–water partition coefficient (Wildman–Crippen LogP) is 3.02. The van der Waals surface area contributed by atoms with Crippen LogP contribution in [0.2, 0.25) is 0 Å². The van der Waals surface area contributed by atoms with E-state index in [0.29, 0.717) is 29.6 Å². The van der Waals surface area contributed by atoms with E-state index in [4.69, 9.17) is 9.26 Å². The highest BCUT2D eigenvalue weighted by molar-refractivity contribution is 5.95. The van der Waals surface area contributed by atoms with Crippen LogP contribution in [0.5, 0.6) is 11.6 Å². The van der Waals surface area contributed by atoms with Crippen LogP contribution >= 0.6 is 0 Å². The highest BCUT2D eigenvalue weighted by Gasteiger charge is 2.31. The number of hydrogen-bond donors (Lipinski definition) is 0. The van der Waals surface area contributed by atoms with Gasteiger partial charge < -0.3 is 14.2 Å². The van der Waals surface area contributed by atoms with Crippen molar-refractivity contribution >= 4 is 5.91 Å². The number of ether oxygens (including phenoxy) is 1. The van der Waals surface area contributed by atoms with Crippen molar-refractivity contribution in [2.75, 3.05) is 6.54 Å². The van der Waals surface area contributed by atoms with E-state index >= 15 is 0 Å². The Labute approximate surface area is 149 Å². The van der Waals surface area contributed by atoms with Gasteiger partial charge in [0.2, 0.25) is 12.3 Å². The molecule has 0 spiro atoms. The van der Waals surface area contributed by atoms with E-state index in [9.17, 15) is 4.79 Å². The molecule has 132 valence electrons. The molecule has 1 saturated heterocycles. The summed E-state index contributed by atoms with van der Waals surface area (Å²) in [6, 6.07) is 6.87. The summed E-state index contributed by atoms with van der Waals surface area (Å²) < 4.78 is 10.5. The summed E-state index contributed by atoms with van der Waals surface area (Å²) in [7, 11) is 0. The summed E-state index contributed by atoms with van der Waals surface area (Å²) in [5.41, 5.74) is 0.543. The summed E-state index contributed by atoms with van der Waals surface area (Å²) in [5, 5.41) is 3.92. The molecule has 4 rings (SSSR count). The van der Waals surface area contributed by atoms with Gasteiger partial charge in [0.05, 0.1) is 12.2 Å². The number of rotatable bonds is 4. The van der Waals surface area contributed by atoms with Gasteiger partial charge in [0.15, 0.2) is 5.82 Å². The third-order valence-electron chi connectivity index (χ3n) is 4.28. The molecule has 0 saturated carbocycles. The molecule has 3 heterocycles. The first-order valence-corrected chi connectivity index (χ1v) is 8.42. The second-order valence-corrected chi connectivity index (χ2v) is 5.97. The van der Waals surface area contributed by atoms with Gasteiger partial charge in [-0.2, -0.15) is 4.98 Å². The average molecular weight is 351 g/mol. The topological polar surface area (TPSA) is 94.2 Å². The zero-order valence-electron chi connectivity index (χ0n) is 14.0. The highest BCUT2D eigenvalue weighted by atomic mass is 16.5. The summed E-state index contributed by atoms with van der Waals surface area (Å²) in [6.07, 6.45) is 8.73. The Hall–Kier alpha value is -3.29. The highest BCUT2D eigenvalue weighted by Crippen LogP contribution is 2.31. The number of benzene rings is 1.